The van der Waals surface area contributed by atoms with Crippen molar-refractivity contribution in [2.75, 3.05) is 0 Å². The van der Waals surface area contributed by atoms with Gasteiger partial charge in [0.05, 0.1) is 11.4 Å². The quantitative estimate of drug-likeness (QED) is 0.890. The number of nitrogens with one attached hydrogen (secondary N) is 1. The fourth-order valence-electron chi connectivity index (χ4n) is 2.94. The smallest absolute Gasteiger partial charge is 0.307 e. The minimum atomic E-state index is -0.732. The van der Waals surface area contributed by atoms with E-state index in [2.05, 4.69) is 37.8 Å². The highest BCUT2D eigenvalue weighted by molar-refractivity contribution is 9.10. The van der Waals surface area contributed by atoms with E-state index in [1.54, 1.807) is 6.20 Å². The summed E-state index contributed by atoms with van der Waals surface area (Å²) in [6.45, 7) is 2.09. The van der Waals surface area contributed by atoms with Crippen LogP contribution in [-0.4, -0.2) is 26.0 Å². The molecule has 1 saturated carbocycles. The Kier molecular flexibility index (Phi) is 3.05. The highest BCUT2D eigenvalue weighted by Crippen LogP contribution is 2.42. The first-order chi connectivity index (χ1) is 9.04. The van der Waals surface area contributed by atoms with Crippen LogP contribution in [0.1, 0.15) is 31.5 Å². The second-order valence-electron chi connectivity index (χ2n) is 5.27. The zero-order valence-corrected chi connectivity index (χ0v) is 12.0. The topological polar surface area (TPSA) is 78.9 Å². The summed E-state index contributed by atoms with van der Waals surface area (Å²) < 4.78 is 0.879. The fourth-order valence-corrected chi connectivity index (χ4v) is 3.27. The SMILES string of the molecule is CC1CC(C(=O)O)C(c2nc3ncc(Br)cc3[nH]2)C1. The van der Waals surface area contributed by atoms with Crippen LogP contribution >= 0.6 is 15.9 Å². The zero-order valence-electron chi connectivity index (χ0n) is 10.4. The lowest BCUT2D eigenvalue weighted by Crippen LogP contribution is -2.17. The minimum absolute atomic E-state index is 0.0412. The van der Waals surface area contributed by atoms with Crippen molar-refractivity contribution in [1.82, 2.24) is 15.0 Å². The molecule has 3 unspecified atom stereocenters. The van der Waals surface area contributed by atoms with Gasteiger partial charge in [0, 0.05) is 16.6 Å². The molecule has 5 nitrogen and oxygen atoms in total. The molecule has 19 heavy (non-hydrogen) atoms. The molecule has 1 aliphatic rings. The molecule has 100 valence electrons. The molecule has 0 aliphatic heterocycles. The molecule has 2 aromatic heterocycles. The van der Waals surface area contributed by atoms with Crippen molar-refractivity contribution in [2.45, 2.75) is 25.7 Å². The molecule has 0 aromatic carbocycles. The van der Waals surface area contributed by atoms with Crippen molar-refractivity contribution in [3.8, 4) is 0 Å². The predicted octanol–water partition coefficient (Wildman–Crippen LogP) is 2.93. The molecule has 1 aliphatic carbocycles. The number of pyridine rings is 1. The summed E-state index contributed by atoms with van der Waals surface area (Å²) >= 11 is 3.37. The average molecular weight is 324 g/mol. The second kappa shape index (κ2) is 4.59. The van der Waals surface area contributed by atoms with Crippen LogP contribution in [0, 0.1) is 11.8 Å². The van der Waals surface area contributed by atoms with E-state index in [0.717, 1.165) is 22.2 Å². The third-order valence-corrected chi connectivity index (χ3v) is 4.22. The van der Waals surface area contributed by atoms with E-state index in [4.69, 9.17) is 0 Å². The van der Waals surface area contributed by atoms with Crippen molar-refractivity contribution in [1.29, 1.82) is 0 Å². The van der Waals surface area contributed by atoms with Gasteiger partial charge in [-0.2, -0.15) is 0 Å². The van der Waals surface area contributed by atoms with E-state index in [1.165, 1.54) is 0 Å². The summed E-state index contributed by atoms with van der Waals surface area (Å²) in [5, 5.41) is 9.32. The molecule has 0 bridgehead atoms. The van der Waals surface area contributed by atoms with Crippen LogP contribution in [0.25, 0.3) is 11.2 Å². The molecule has 6 heteroatoms. The monoisotopic (exact) mass is 323 g/mol. The fraction of sp³-hybridized carbons (Fsp3) is 0.462. The summed E-state index contributed by atoms with van der Waals surface area (Å²) in [7, 11) is 0. The Morgan fingerprint density at radius 3 is 3.05 bits per heavy atom. The Hall–Kier alpha value is -1.43. The number of carboxylic acid groups (broad SMARTS) is 1. The van der Waals surface area contributed by atoms with Crippen LogP contribution in [0.3, 0.4) is 0 Å². The largest absolute Gasteiger partial charge is 0.481 e. The predicted molar refractivity (Wildman–Crippen MR) is 73.9 cm³/mol. The van der Waals surface area contributed by atoms with E-state index in [9.17, 15) is 9.90 Å². The van der Waals surface area contributed by atoms with Crippen LogP contribution in [0.5, 0.6) is 0 Å². The van der Waals surface area contributed by atoms with Gasteiger partial charge in [-0.1, -0.05) is 6.92 Å². The van der Waals surface area contributed by atoms with Gasteiger partial charge in [-0.3, -0.25) is 4.79 Å². The number of carbonyl (C=O) groups is 1. The molecule has 0 saturated heterocycles. The maximum Gasteiger partial charge on any atom is 0.307 e. The molecule has 2 aromatic rings. The van der Waals surface area contributed by atoms with Gasteiger partial charge in [-0.05, 0) is 40.8 Å². The summed E-state index contributed by atoms with van der Waals surface area (Å²) in [6, 6.07) is 1.91. The van der Waals surface area contributed by atoms with Crippen LogP contribution in [0.4, 0.5) is 0 Å². The van der Waals surface area contributed by atoms with Crippen molar-refractivity contribution in [3.05, 3.63) is 22.6 Å². The third kappa shape index (κ3) is 2.25. The minimum Gasteiger partial charge on any atom is -0.481 e. The van der Waals surface area contributed by atoms with Crippen molar-refractivity contribution in [3.63, 3.8) is 0 Å². The molecule has 3 rings (SSSR count). The normalized spacial score (nSPS) is 26.9. The summed E-state index contributed by atoms with van der Waals surface area (Å²) in [6.07, 6.45) is 3.27. The van der Waals surface area contributed by atoms with Gasteiger partial charge >= 0.3 is 5.97 Å². The molecule has 1 fully saturated rings. The van der Waals surface area contributed by atoms with Gasteiger partial charge in [0.25, 0.3) is 0 Å². The van der Waals surface area contributed by atoms with E-state index in [-0.39, 0.29) is 11.8 Å². The standard InChI is InChI=1S/C13H14BrN3O2/c1-6-2-8(9(3-6)13(18)19)11-16-10-4-7(14)5-15-12(10)17-11/h4-6,8-9H,2-3H2,1H3,(H,18,19)(H,15,16,17). The summed E-state index contributed by atoms with van der Waals surface area (Å²) in [4.78, 5) is 23.2. The van der Waals surface area contributed by atoms with Gasteiger partial charge < -0.3 is 10.1 Å². The lowest BCUT2D eigenvalue weighted by atomic mass is 9.96. The Morgan fingerprint density at radius 1 is 1.53 bits per heavy atom. The van der Waals surface area contributed by atoms with Gasteiger partial charge in [0.15, 0.2) is 5.65 Å². The van der Waals surface area contributed by atoms with Crippen molar-refractivity contribution < 1.29 is 9.90 Å². The van der Waals surface area contributed by atoms with Gasteiger partial charge in [-0.25, -0.2) is 9.97 Å². The van der Waals surface area contributed by atoms with Crippen molar-refractivity contribution in [2.24, 2.45) is 11.8 Å². The molecular formula is C13H14BrN3O2. The molecule has 2 heterocycles. The number of aromatic nitrogens is 3. The molecule has 0 spiro atoms. The Morgan fingerprint density at radius 2 is 2.32 bits per heavy atom. The van der Waals surface area contributed by atoms with Gasteiger partial charge in [0.2, 0.25) is 0 Å². The molecule has 0 amide bonds. The maximum atomic E-state index is 11.3. The van der Waals surface area contributed by atoms with Crippen LogP contribution in [0.2, 0.25) is 0 Å². The number of halogens is 1. The number of imidazole rings is 1. The van der Waals surface area contributed by atoms with Crippen LogP contribution in [0.15, 0.2) is 16.7 Å². The first-order valence-corrected chi connectivity index (χ1v) is 7.08. The molecule has 0 radical (unpaired) electrons. The molecule has 2 N–H and O–H groups in total. The second-order valence-corrected chi connectivity index (χ2v) is 6.19. The Balaban J connectivity index is 2.01. The van der Waals surface area contributed by atoms with E-state index in [1.807, 2.05) is 6.07 Å². The number of fused-ring (bicyclic) bond motifs is 1. The third-order valence-electron chi connectivity index (χ3n) is 3.79. The zero-order chi connectivity index (χ0) is 13.6. The number of carboxylic acids is 1. The maximum absolute atomic E-state index is 11.3. The van der Waals surface area contributed by atoms with E-state index in [0.29, 0.717) is 18.0 Å². The number of hydrogen-bond donors (Lipinski definition) is 2. The van der Waals surface area contributed by atoms with E-state index < -0.39 is 5.97 Å². The number of aromatic amines is 1. The van der Waals surface area contributed by atoms with Crippen LogP contribution in [-0.2, 0) is 4.79 Å². The lowest BCUT2D eigenvalue weighted by Gasteiger charge is -2.12. The summed E-state index contributed by atoms with van der Waals surface area (Å²) in [5.74, 6) is 0.0415. The van der Waals surface area contributed by atoms with Gasteiger partial charge in [-0.15, -0.1) is 0 Å². The average Bonchev–Trinajstić information content (AvgIpc) is 2.91. The number of hydrogen-bond acceptors (Lipinski definition) is 3. The Labute approximate surface area is 118 Å². The first-order valence-electron chi connectivity index (χ1n) is 6.28. The number of aliphatic carboxylic acids is 1. The summed E-state index contributed by atoms with van der Waals surface area (Å²) in [5.41, 5.74) is 1.48. The lowest BCUT2D eigenvalue weighted by molar-refractivity contribution is -0.142. The van der Waals surface area contributed by atoms with E-state index >= 15 is 0 Å². The van der Waals surface area contributed by atoms with Crippen LogP contribution < -0.4 is 0 Å². The highest BCUT2D eigenvalue weighted by atomic mass is 79.9. The molecular weight excluding hydrogens is 310 g/mol. The first kappa shape index (κ1) is 12.6. The molecule has 3 atom stereocenters. The highest BCUT2D eigenvalue weighted by Gasteiger charge is 2.39. The van der Waals surface area contributed by atoms with Crippen molar-refractivity contribution >= 4 is 33.1 Å². The number of nitrogens with zero attached hydrogens (tertiary/aromatic N) is 2. The number of rotatable bonds is 2. The van der Waals surface area contributed by atoms with Gasteiger partial charge in [0.1, 0.15) is 5.82 Å². The Bertz CT molecular complexity index is 640. The number of H-pyrrole nitrogens is 1.